The van der Waals surface area contributed by atoms with Crippen molar-refractivity contribution in [2.75, 3.05) is 0 Å². The summed E-state index contributed by atoms with van der Waals surface area (Å²) in [6.45, 7) is 0. The largest absolute Gasteiger partial charge is 0.269 e. The second-order valence-corrected chi connectivity index (χ2v) is 8.83. The molecule has 4 atom stereocenters. The van der Waals surface area contributed by atoms with Crippen LogP contribution >= 0.6 is 0 Å². The van der Waals surface area contributed by atoms with Gasteiger partial charge in [-0.05, 0) is 74.3 Å². The van der Waals surface area contributed by atoms with E-state index in [4.69, 9.17) is 5.26 Å². The fraction of sp³-hybridized carbons (Fsp3) is 0.571. The molecule has 0 saturated heterocycles. The molecule has 4 aliphatic carbocycles. The third-order valence-electron chi connectivity index (χ3n) is 7.19. The number of fused-ring (bicyclic) bond motifs is 1. The van der Waals surface area contributed by atoms with Gasteiger partial charge in [0, 0.05) is 6.42 Å². The van der Waals surface area contributed by atoms with Crippen LogP contribution in [0.3, 0.4) is 0 Å². The predicted octanol–water partition coefficient (Wildman–Crippen LogP) is 3.93. The number of nitriles is 1. The fourth-order valence-electron chi connectivity index (χ4n) is 6.90. The van der Waals surface area contributed by atoms with Crippen molar-refractivity contribution in [1.29, 1.82) is 5.26 Å². The van der Waals surface area contributed by atoms with E-state index in [1.54, 1.807) is 17.0 Å². The number of carbonyl (C=O) groups excluding carboxylic acids is 2. The Morgan fingerprint density at radius 3 is 2.20 bits per heavy atom. The number of carbonyl (C=O) groups is 2. The summed E-state index contributed by atoms with van der Waals surface area (Å²) in [4.78, 5) is 27.8. The van der Waals surface area contributed by atoms with Gasteiger partial charge in [-0.2, -0.15) is 5.26 Å². The van der Waals surface area contributed by atoms with Crippen molar-refractivity contribution in [1.82, 2.24) is 4.90 Å². The molecule has 4 saturated carbocycles. The van der Waals surface area contributed by atoms with Crippen molar-refractivity contribution in [2.24, 2.45) is 17.3 Å². The number of nitrogens with zero attached hydrogens (tertiary/aromatic N) is 2. The lowest BCUT2D eigenvalue weighted by atomic mass is 9.45. The Kier molecular flexibility index (Phi) is 2.99. The molecule has 0 radical (unpaired) electrons. The van der Waals surface area contributed by atoms with Gasteiger partial charge in [0.05, 0.1) is 22.7 Å². The topological polar surface area (TPSA) is 61.2 Å². The molecule has 5 aliphatic rings. The van der Waals surface area contributed by atoms with Crippen LogP contribution in [0, 0.1) is 28.6 Å². The highest BCUT2D eigenvalue weighted by atomic mass is 16.2. The Balaban J connectivity index is 1.55. The van der Waals surface area contributed by atoms with Crippen LogP contribution in [0.25, 0.3) is 0 Å². The molecular formula is C21H22N2O2. The summed E-state index contributed by atoms with van der Waals surface area (Å²) in [5.41, 5.74) is 0.977. The zero-order valence-corrected chi connectivity index (χ0v) is 14.3. The van der Waals surface area contributed by atoms with Crippen molar-refractivity contribution >= 4 is 11.8 Å². The van der Waals surface area contributed by atoms with E-state index in [0.29, 0.717) is 29.4 Å². The van der Waals surface area contributed by atoms with Gasteiger partial charge in [0.15, 0.2) is 0 Å². The van der Waals surface area contributed by atoms with E-state index >= 15 is 0 Å². The first-order valence-electron chi connectivity index (χ1n) is 9.41. The van der Waals surface area contributed by atoms with E-state index in [9.17, 15) is 9.59 Å². The summed E-state index contributed by atoms with van der Waals surface area (Å²) < 4.78 is 0. The molecule has 0 aromatic heterocycles. The smallest absolute Gasteiger partial charge is 0.262 e. The lowest BCUT2D eigenvalue weighted by Crippen LogP contribution is -2.64. The van der Waals surface area contributed by atoms with Gasteiger partial charge in [-0.15, -0.1) is 0 Å². The molecule has 4 bridgehead atoms. The maximum atomic E-state index is 13.1. The fourth-order valence-corrected chi connectivity index (χ4v) is 6.90. The van der Waals surface area contributed by atoms with E-state index in [0.717, 1.165) is 25.7 Å². The van der Waals surface area contributed by atoms with Gasteiger partial charge < -0.3 is 0 Å². The van der Waals surface area contributed by atoms with E-state index in [-0.39, 0.29) is 22.8 Å². The number of amides is 2. The summed E-state index contributed by atoms with van der Waals surface area (Å²) in [6.07, 6.45) is 7.91. The molecular weight excluding hydrogens is 312 g/mol. The van der Waals surface area contributed by atoms with Crippen molar-refractivity contribution in [3.8, 4) is 6.07 Å². The second kappa shape index (κ2) is 4.94. The molecule has 128 valence electrons. The first kappa shape index (κ1) is 15.1. The second-order valence-electron chi connectivity index (χ2n) is 8.83. The molecule has 1 aromatic carbocycles. The Labute approximate surface area is 147 Å². The molecule has 4 heteroatoms. The van der Waals surface area contributed by atoms with Crippen molar-refractivity contribution in [3.05, 3.63) is 35.4 Å². The molecule has 1 heterocycles. The van der Waals surface area contributed by atoms with Gasteiger partial charge in [-0.25, -0.2) is 0 Å². The van der Waals surface area contributed by atoms with Crippen molar-refractivity contribution in [2.45, 2.75) is 56.9 Å². The van der Waals surface area contributed by atoms with E-state index < -0.39 is 0 Å². The maximum Gasteiger partial charge on any atom is 0.262 e. The minimum Gasteiger partial charge on any atom is -0.269 e. The molecule has 25 heavy (non-hydrogen) atoms. The standard InChI is InChI=1S/C21H22N2O2/c22-7-3-6-20-9-14-8-15(10-20)12-21(11-14,13-20)23-18(24)16-4-1-2-5-17(16)19(23)25/h1-2,4-5,14-15H,3,6,8-13H2/t14-,15+,20?,21?. The lowest BCUT2D eigenvalue weighted by molar-refractivity contribution is -0.112. The summed E-state index contributed by atoms with van der Waals surface area (Å²) in [5.74, 6) is 1.00. The quantitative estimate of drug-likeness (QED) is 0.787. The summed E-state index contributed by atoms with van der Waals surface area (Å²) >= 11 is 0. The first-order valence-corrected chi connectivity index (χ1v) is 9.41. The summed E-state index contributed by atoms with van der Waals surface area (Å²) in [7, 11) is 0. The van der Waals surface area contributed by atoms with Crippen molar-refractivity contribution < 1.29 is 9.59 Å². The normalized spacial score (nSPS) is 38.1. The number of rotatable bonds is 3. The van der Waals surface area contributed by atoms with E-state index in [2.05, 4.69) is 6.07 Å². The Morgan fingerprint density at radius 1 is 1.04 bits per heavy atom. The van der Waals surface area contributed by atoms with E-state index in [1.807, 2.05) is 12.1 Å². The number of hydrogen-bond acceptors (Lipinski definition) is 3. The SMILES string of the molecule is N#CCCC12C[C@H]3C[C@@H](C1)CC(N1C(=O)c4ccccc4C1=O)(C3)C2. The number of hydrogen-bond donors (Lipinski definition) is 0. The molecule has 0 spiro atoms. The van der Waals surface area contributed by atoms with Gasteiger partial charge in [0.25, 0.3) is 11.8 Å². The first-order chi connectivity index (χ1) is 12.1. The van der Waals surface area contributed by atoms with Crippen LogP contribution in [0.1, 0.15) is 72.1 Å². The minimum atomic E-state index is -0.313. The third kappa shape index (κ3) is 1.99. The summed E-state index contributed by atoms with van der Waals surface area (Å²) in [6, 6.07) is 9.54. The molecule has 4 fully saturated rings. The lowest BCUT2D eigenvalue weighted by Gasteiger charge is -2.64. The van der Waals surface area contributed by atoms with Crippen LogP contribution in [0.4, 0.5) is 0 Å². The Hall–Kier alpha value is -2.15. The maximum absolute atomic E-state index is 13.1. The monoisotopic (exact) mass is 334 g/mol. The molecule has 1 aromatic rings. The van der Waals surface area contributed by atoms with E-state index in [1.165, 1.54) is 19.3 Å². The summed E-state index contributed by atoms with van der Waals surface area (Å²) in [5, 5.41) is 9.08. The minimum absolute atomic E-state index is 0.0991. The molecule has 0 N–H and O–H groups in total. The van der Waals surface area contributed by atoms with Gasteiger partial charge in [-0.3, -0.25) is 14.5 Å². The third-order valence-corrected chi connectivity index (χ3v) is 7.19. The van der Waals surface area contributed by atoms with Crippen LogP contribution in [0.2, 0.25) is 0 Å². The van der Waals surface area contributed by atoms with Gasteiger partial charge in [0.2, 0.25) is 0 Å². The van der Waals surface area contributed by atoms with Crippen LogP contribution in [0.5, 0.6) is 0 Å². The average Bonchev–Trinajstić information content (AvgIpc) is 2.84. The van der Waals surface area contributed by atoms with Gasteiger partial charge in [0.1, 0.15) is 0 Å². The molecule has 2 amide bonds. The Bertz CT molecular complexity index is 772. The number of imide groups is 1. The van der Waals surface area contributed by atoms with Crippen LogP contribution in [0.15, 0.2) is 24.3 Å². The molecule has 4 nitrogen and oxygen atoms in total. The molecule has 6 rings (SSSR count). The highest BCUT2D eigenvalue weighted by Crippen LogP contribution is 2.65. The zero-order chi connectivity index (χ0) is 17.2. The van der Waals surface area contributed by atoms with Gasteiger partial charge in [-0.1, -0.05) is 12.1 Å². The van der Waals surface area contributed by atoms with Gasteiger partial charge >= 0.3 is 0 Å². The Morgan fingerprint density at radius 2 is 1.64 bits per heavy atom. The van der Waals surface area contributed by atoms with Crippen molar-refractivity contribution in [3.63, 3.8) is 0 Å². The molecule has 1 aliphatic heterocycles. The predicted molar refractivity (Wildman–Crippen MR) is 91.6 cm³/mol. The van der Waals surface area contributed by atoms with Crippen LogP contribution < -0.4 is 0 Å². The van der Waals surface area contributed by atoms with Crippen LogP contribution in [-0.4, -0.2) is 22.3 Å². The zero-order valence-electron chi connectivity index (χ0n) is 14.3. The highest BCUT2D eigenvalue weighted by molar-refractivity contribution is 6.21. The average molecular weight is 334 g/mol. The molecule has 2 unspecified atom stereocenters. The van der Waals surface area contributed by atoms with Crippen LogP contribution in [-0.2, 0) is 0 Å². The number of benzene rings is 1. The highest BCUT2D eigenvalue weighted by Gasteiger charge is 2.62.